The van der Waals surface area contributed by atoms with Gasteiger partial charge in [-0.25, -0.2) is 0 Å². The van der Waals surface area contributed by atoms with E-state index in [1.807, 2.05) is 6.42 Å². The zero-order valence-corrected chi connectivity index (χ0v) is 18.7. The topological polar surface area (TPSA) is 0 Å². The van der Waals surface area contributed by atoms with Gasteiger partial charge in [0.25, 0.3) is 0 Å². The molecule has 20 saturated heterocycles. The zero-order chi connectivity index (χ0) is 16.4. The van der Waals surface area contributed by atoms with E-state index in [-0.39, 0.29) is 0 Å². The van der Waals surface area contributed by atoms with Gasteiger partial charge in [0.1, 0.15) is 0 Å². The minimum atomic E-state index is -2.93. The van der Waals surface area contributed by atoms with E-state index in [9.17, 15) is 0 Å². The van der Waals surface area contributed by atoms with Crippen molar-refractivity contribution in [2.24, 2.45) is 5.92 Å². The summed E-state index contributed by atoms with van der Waals surface area (Å²) >= 11 is 0. The van der Waals surface area contributed by atoms with Gasteiger partial charge in [0.15, 0.2) is 0 Å². The van der Waals surface area contributed by atoms with Crippen LogP contribution in [-0.2, 0) is 13.0 Å². The molecule has 150 valence electrons. The predicted molar refractivity (Wildman–Crippen MR) is 101 cm³/mol. The molecule has 20 aliphatic rings. The Morgan fingerprint density at radius 1 is 0.536 bits per heavy atom. The zero-order valence-electron chi connectivity index (χ0n) is 16.5. The first-order valence-electron chi connectivity index (χ1n) is 13.7. The molecule has 0 aromatic carbocycles. The molecule has 0 nitrogen and oxygen atoms in total. The van der Waals surface area contributed by atoms with E-state index in [0.717, 1.165) is 0 Å². The summed E-state index contributed by atoms with van der Waals surface area (Å²) in [6.45, 7) is -3.36. The summed E-state index contributed by atoms with van der Waals surface area (Å²) in [7, 11) is 0. The molecule has 2 heteroatoms. The molecule has 0 aliphatic carbocycles. The van der Waals surface area contributed by atoms with Gasteiger partial charge in [0, 0.05) is 0 Å². The second-order valence-electron chi connectivity index (χ2n) is 21.5. The molecule has 8 atom stereocenters. The Bertz CT molecular complexity index is 1780. The van der Waals surface area contributed by atoms with Crippen molar-refractivity contribution in [1.82, 2.24) is 0 Å². The Hall–Kier alpha value is 1.04. The van der Waals surface area contributed by atoms with Gasteiger partial charge in [-0.05, 0) is 0 Å². The van der Waals surface area contributed by atoms with Crippen LogP contribution in [0.5, 0.6) is 0 Å². The van der Waals surface area contributed by atoms with Crippen molar-refractivity contribution in [3.8, 4) is 0 Å². The molecule has 8 unspecified atom stereocenters. The van der Waals surface area contributed by atoms with Crippen LogP contribution in [-0.4, -0.2) is 0 Å². The molecule has 0 saturated carbocycles. The quantitative estimate of drug-likeness (QED) is 0.278. The predicted octanol–water partition coefficient (Wildman–Crippen LogP) is 8.70. The summed E-state index contributed by atoms with van der Waals surface area (Å²) in [5, 5.41) is 0. The second-order valence-corrected chi connectivity index (χ2v) is 68.7. The average Bonchev–Trinajstić information content (AvgIpc) is 3.60. The molecule has 0 N–H and O–H groups in total. The van der Waals surface area contributed by atoms with E-state index in [1.165, 1.54) is 21.0 Å². The van der Waals surface area contributed by atoms with E-state index in [0.29, 0.717) is 0 Å². The normalized spacial score (nSPS) is 144. The molecule has 2 spiro atoms. The van der Waals surface area contributed by atoms with Crippen LogP contribution < -0.4 is 0 Å². The summed E-state index contributed by atoms with van der Waals surface area (Å²) in [5.74, 6) is 1.51. The fourth-order valence-corrected chi connectivity index (χ4v) is 187. The number of fused-ring (bicyclic) bond motifs is 20. The van der Waals surface area contributed by atoms with Crippen LogP contribution in [0.4, 0.5) is 0 Å². The first-order valence-corrected chi connectivity index (χ1v) is 26.3. The Balaban J connectivity index is 1.07. The van der Waals surface area contributed by atoms with E-state index >= 15 is 0 Å². The maximum absolute atomic E-state index is 2.93. The second kappa shape index (κ2) is 0.762. The summed E-state index contributed by atoms with van der Waals surface area (Å²) < 4.78 is 2.62. The van der Waals surface area contributed by atoms with Crippen LogP contribution in [0.3, 0.4) is 0 Å². The van der Waals surface area contributed by atoms with Crippen molar-refractivity contribution >= 4 is 0 Å². The van der Waals surface area contributed by atoms with Gasteiger partial charge in [-0.15, -0.1) is 0 Å². The molecule has 0 aromatic rings. The molecule has 28 heavy (non-hydrogen) atoms. The standard InChI is InChI=1S/C16H20.2C5H5.2Fe/c1-2-3-4-13-16(14-9-5-6-10-14)15-11-7-8-12-15;2*1-2-4-5-3-1;;/h5-12,16H,2-4,13H2,1H3;2*1-5H;;. The minimum absolute atomic E-state index is 1.31. The molecule has 20 rings (SSSR count). The number of rotatable bonds is 6. The van der Waals surface area contributed by atoms with Crippen molar-refractivity contribution in [2.75, 3.05) is 0 Å². The van der Waals surface area contributed by atoms with Gasteiger partial charge in [0.2, 0.25) is 0 Å². The van der Waals surface area contributed by atoms with Crippen LogP contribution in [0.25, 0.3) is 0 Å². The maximum atomic E-state index is 2.49. The van der Waals surface area contributed by atoms with E-state index in [1.54, 1.807) is 99.5 Å². The fourth-order valence-electron chi connectivity index (χ4n) is 36.0. The molecule has 0 aromatic heterocycles. The van der Waals surface area contributed by atoms with Crippen LogP contribution in [0.1, 0.15) is 32.6 Å². The third-order valence-electron chi connectivity index (χ3n) is 31.7. The van der Waals surface area contributed by atoms with Crippen LogP contribution in [0, 0.1) is 5.92 Å². The van der Waals surface area contributed by atoms with Crippen LogP contribution >= 0.6 is 0 Å². The number of hydrogen-bond acceptors (Lipinski definition) is 0. The Labute approximate surface area is 146 Å². The van der Waals surface area contributed by atoms with Gasteiger partial charge < -0.3 is 0 Å². The molecular formula is C26H30Fe2. The van der Waals surface area contributed by atoms with Crippen molar-refractivity contribution in [3.63, 3.8) is 0 Å². The monoisotopic (exact) mass is 454 g/mol. The first-order chi connectivity index (χ1) is 13.3. The summed E-state index contributed by atoms with van der Waals surface area (Å²) in [4.78, 5) is 29.0. The van der Waals surface area contributed by atoms with Gasteiger partial charge in [0.05, 0.1) is 0 Å². The van der Waals surface area contributed by atoms with E-state index in [4.69, 9.17) is 0 Å². The van der Waals surface area contributed by atoms with Crippen molar-refractivity contribution < 1.29 is 13.0 Å². The molecule has 0 radical (unpaired) electrons. The Kier molecular flexibility index (Phi) is 0.269. The number of unbranched alkanes of at least 4 members (excludes halogenated alkanes) is 2. The summed E-state index contributed by atoms with van der Waals surface area (Å²) in [5.41, 5.74) is 0. The van der Waals surface area contributed by atoms with Gasteiger partial charge in [-0.2, -0.15) is 0 Å². The molecule has 20 fully saturated rings. The van der Waals surface area contributed by atoms with E-state index in [2.05, 4.69) is 6.92 Å². The molecule has 0 amide bonds. The molecule has 0 bridgehead atoms. The van der Waals surface area contributed by atoms with Gasteiger partial charge in [-0.3, -0.25) is 0 Å². The van der Waals surface area contributed by atoms with Crippen molar-refractivity contribution in [3.05, 3.63) is 0 Å². The third-order valence-corrected chi connectivity index (χ3v) is 117. The van der Waals surface area contributed by atoms with Crippen LogP contribution in [0.15, 0.2) is 0 Å². The van der Waals surface area contributed by atoms with Gasteiger partial charge in [-0.1, -0.05) is 0 Å². The SMILES string of the molecule is CCCCCC([C]12[CH]3[CH]4[CH]5[CH]1[Fe]45321678[CH]2[CH]1[CH]6[CH]7[CH]28)[C]12[CH]3[CH]4[CH]5[CH]1[Fe]45321678[CH]2[CH]1[CH]6[CH]7[CH]28. The average molecular weight is 454 g/mol. The van der Waals surface area contributed by atoms with Gasteiger partial charge >= 0.3 is 147 Å². The molecular weight excluding hydrogens is 424 g/mol. The molecule has 20 aliphatic heterocycles. The third kappa shape index (κ3) is 0.0930. The summed E-state index contributed by atoms with van der Waals surface area (Å²) in [6.07, 6.45) is 6.67. The fraction of sp³-hybridized carbons (Fsp3) is 1.00. The summed E-state index contributed by atoms with van der Waals surface area (Å²) in [6, 6.07) is 0. The van der Waals surface area contributed by atoms with E-state index < -0.39 is 13.0 Å². The first kappa shape index (κ1) is 9.89. The van der Waals surface area contributed by atoms with Crippen LogP contribution in [0.2, 0.25) is 95.3 Å². The molecule has 20 heterocycles. The Morgan fingerprint density at radius 3 is 1.11 bits per heavy atom. The number of hydrogen-bond donors (Lipinski definition) is 0. The van der Waals surface area contributed by atoms with Crippen molar-refractivity contribution in [1.29, 1.82) is 0 Å². The Morgan fingerprint density at radius 2 is 0.893 bits per heavy atom. The van der Waals surface area contributed by atoms with Crippen molar-refractivity contribution in [2.45, 2.75) is 128 Å².